The highest BCUT2D eigenvalue weighted by atomic mass is 16.6. The zero-order valence-electron chi connectivity index (χ0n) is 16.8. The topological polar surface area (TPSA) is 26.3 Å². The number of esters is 1. The average Bonchev–Trinajstić information content (AvgIpc) is 2.49. The maximum atomic E-state index is 12.4. The first kappa shape index (κ1) is 21.7. The first-order valence-electron chi connectivity index (χ1n) is 8.90. The molecule has 1 aromatic rings. The SMILES string of the molecule is CC.CC.CC(C)(C)C1(C(C)(C)C)Cc2ccccc2C(=O)O1. The summed E-state index contributed by atoms with van der Waals surface area (Å²) in [7, 11) is 0. The third kappa shape index (κ3) is 4.16. The average molecular weight is 321 g/mol. The van der Waals surface area contributed by atoms with E-state index >= 15 is 0 Å². The van der Waals surface area contributed by atoms with Crippen LogP contribution < -0.4 is 0 Å². The Morgan fingerprint density at radius 2 is 1.30 bits per heavy atom. The van der Waals surface area contributed by atoms with Crippen molar-refractivity contribution in [1.29, 1.82) is 0 Å². The fourth-order valence-corrected chi connectivity index (χ4v) is 3.35. The molecule has 0 fully saturated rings. The van der Waals surface area contributed by atoms with Crippen LogP contribution in [-0.4, -0.2) is 11.6 Å². The monoisotopic (exact) mass is 320 g/mol. The molecule has 0 aliphatic carbocycles. The van der Waals surface area contributed by atoms with Crippen molar-refractivity contribution in [2.24, 2.45) is 10.8 Å². The molecule has 0 radical (unpaired) electrons. The fourth-order valence-electron chi connectivity index (χ4n) is 3.35. The number of ether oxygens (including phenoxy) is 1. The van der Waals surface area contributed by atoms with Crippen LogP contribution in [0.5, 0.6) is 0 Å². The Morgan fingerprint density at radius 3 is 1.74 bits per heavy atom. The molecule has 1 aliphatic heterocycles. The lowest BCUT2D eigenvalue weighted by atomic mass is 9.59. The minimum Gasteiger partial charge on any atom is -0.454 e. The third-order valence-corrected chi connectivity index (χ3v) is 4.37. The maximum absolute atomic E-state index is 12.4. The summed E-state index contributed by atoms with van der Waals surface area (Å²) in [4.78, 5) is 12.4. The number of benzene rings is 1. The van der Waals surface area contributed by atoms with Crippen LogP contribution in [0.2, 0.25) is 0 Å². The highest BCUT2D eigenvalue weighted by molar-refractivity contribution is 5.92. The second-order valence-corrected chi connectivity index (χ2v) is 7.55. The summed E-state index contributed by atoms with van der Waals surface area (Å²) in [6, 6.07) is 7.78. The third-order valence-electron chi connectivity index (χ3n) is 4.37. The summed E-state index contributed by atoms with van der Waals surface area (Å²) in [6.07, 6.45) is 0.780. The lowest BCUT2D eigenvalue weighted by Gasteiger charge is -2.54. The standard InChI is InChI=1S/C17H24O2.2C2H6/c1-15(2,3)17(16(4,5)6)11-12-9-7-8-10-13(12)14(18)19-17;2*1-2/h7-10H,11H2,1-6H3;2*1-2H3. The van der Waals surface area contributed by atoms with Crippen molar-refractivity contribution < 1.29 is 9.53 Å². The summed E-state index contributed by atoms with van der Waals surface area (Å²) in [5, 5.41) is 0. The van der Waals surface area contributed by atoms with Gasteiger partial charge >= 0.3 is 5.97 Å². The zero-order chi connectivity index (χ0) is 18.5. The van der Waals surface area contributed by atoms with E-state index in [4.69, 9.17) is 4.74 Å². The molecule has 0 bridgehead atoms. The number of fused-ring (bicyclic) bond motifs is 1. The Bertz CT molecular complexity index is 487. The van der Waals surface area contributed by atoms with Gasteiger partial charge in [0.25, 0.3) is 0 Å². The van der Waals surface area contributed by atoms with Crippen LogP contribution in [0.4, 0.5) is 0 Å². The molecule has 1 aromatic carbocycles. The molecular formula is C21H36O2. The van der Waals surface area contributed by atoms with E-state index in [1.54, 1.807) is 0 Å². The van der Waals surface area contributed by atoms with Gasteiger partial charge in [0.05, 0.1) is 5.56 Å². The number of carbonyl (C=O) groups excluding carboxylic acids is 1. The zero-order valence-corrected chi connectivity index (χ0v) is 16.8. The summed E-state index contributed by atoms with van der Waals surface area (Å²) in [5.41, 5.74) is 1.10. The first-order chi connectivity index (χ1) is 10.6. The van der Waals surface area contributed by atoms with Gasteiger partial charge in [0, 0.05) is 17.3 Å². The van der Waals surface area contributed by atoms with Crippen LogP contribution in [0.25, 0.3) is 0 Å². The van der Waals surface area contributed by atoms with E-state index in [0.29, 0.717) is 5.56 Å². The Kier molecular flexibility index (Phi) is 7.53. The molecule has 1 aliphatic rings. The Hall–Kier alpha value is -1.31. The van der Waals surface area contributed by atoms with Gasteiger partial charge in [-0.05, 0) is 11.6 Å². The van der Waals surface area contributed by atoms with Gasteiger partial charge in [-0.15, -0.1) is 0 Å². The second kappa shape index (κ2) is 7.99. The van der Waals surface area contributed by atoms with Crippen molar-refractivity contribution in [3.8, 4) is 0 Å². The highest BCUT2D eigenvalue weighted by Gasteiger charge is 2.56. The van der Waals surface area contributed by atoms with E-state index in [1.807, 2.05) is 52.0 Å². The lowest BCUT2D eigenvalue weighted by Crippen LogP contribution is -2.59. The molecule has 0 amide bonds. The Morgan fingerprint density at radius 1 is 0.870 bits per heavy atom. The van der Waals surface area contributed by atoms with Crippen molar-refractivity contribution in [1.82, 2.24) is 0 Å². The lowest BCUT2D eigenvalue weighted by molar-refractivity contribution is -0.148. The molecule has 2 rings (SSSR count). The van der Waals surface area contributed by atoms with Gasteiger partial charge in [-0.25, -0.2) is 4.79 Å². The normalized spacial score (nSPS) is 16.0. The molecule has 132 valence electrons. The predicted octanol–water partition coefficient (Wildman–Crippen LogP) is 6.28. The van der Waals surface area contributed by atoms with Crippen LogP contribution in [0.3, 0.4) is 0 Å². The van der Waals surface area contributed by atoms with Gasteiger partial charge in [-0.1, -0.05) is 87.4 Å². The molecule has 2 nitrogen and oxygen atoms in total. The largest absolute Gasteiger partial charge is 0.454 e. The number of cyclic esters (lactones) is 1. The van der Waals surface area contributed by atoms with Gasteiger partial charge < -0.3 is 4.74 Å². The molecule has 1 heterocycles. The molecule has 0 N–H and O–H groups in total. The Balaban J connectivity index is 0.00000112. The van der Waals surface area contributed by atoms with Crippen LogP contribution in [-0.2, 0) is 11.2 Å². The summed E-state index contributed by atoms with van der Waals surface area (Å²) in [6.45, 7) is 20.9. The van der Waals surface area contributed by atoms with Gasteiger partial charge in [0.1, 0.15) is 5.60 Å². The quantitative estimate of drug-likeness (QED) is 0.526. The van der Waals surface area contributed by atoms with E-state index in [-0.39, 0.29) is 16.8 Å². The van der Waals surface area contributed by atoms with E-state index in [0.717, 1.165) is 12.0 Å². The molecule has 0 saturated heterocycles. The summed E-state index contributed by atoms with van der Waals surface area (Å²) < 4.78 is 5.99. The highest BCUT2D eigenvalue weighted by Crippen LogP contribution is 2.51. The van der Waals surface area contributed by atoms with Crippen LogP contribution >= 0.6 is 0 Å². The van der Waals surface area contributed by atoms with Crippen molar-refractivity contribution in [3.63, 3.8) is 0 Å². The van der Waals surface area contributed by atoms with Crippen LogP contribution in [0.1, 0.15) is 85.2 Å². The van der Waals surface area contributed by atoms with Crippen molar-refractivity contribution in [3.05, 3.63) is 35.4 Å². The first-order valence-corrected chi connectivity index (χ1v) is 8.90. The molecule has 0 unspecified atom stereocenters. The van der Waals surface area contributed by atoms with Crippen molar-refractivity contribution in [2.75, 3.05) is 0 Å². The maximum Gasteiger partial charge on any atom is 0.339 e. The molecule has 0 saturated carbocycles. The number of hydrogen-bond donors (Lipinski definition) is 0. The predicted molar refractivity (Wildman–Crippen MR) is 99.9 cm³/mol. The minimum atomic E-state index is -0.481. The molecule has 23 heavy (non-hydrogen) atoms. The van der Waals surface area contributed by atoms with E-state index in [2.05, 4.69) is 41.5 Å². The minimum absolute atomic E-state index is 0.117. The van der Waals surface area contributed by atoms with E-state index < -0.39 is 5.60 Å². The summed E-state index contributed by atoms with van der Waals surface area (Å²) >= 11 is 0. The van der Waals surface area contributed by atoms with Crippen molar-refractivity contribution in [2.45, 2.75) is 81.3 Å². The van der Waals surface area contributed by atoms with Gasteiger partial charge in [-0.2, -0.15) is 0 Å². The van der Waals surface area contributed by atoms with Crippen molar-refractivity contribution >= 4 is 5.97 Å². The number of rotatable bonds is 0. The molecule has 0 spiro atoms. The van der Waals surface area contributed by atoms with Crippen LogP contribution in [0.15, 0.2) is 24.3 Å². The van der Waals surface area contributed by atoms with Gasteiger partial charge in [0.2, 0.25) is 0 Å². The van der Waals surface area contributed by atoms with Crippen LogP contribution in [0, 0.1) is 10.8 Å². The molecule has 2 heteroatoms. The van der Waals surface area contributed by atoms with Gasteiger partial charge in [-0.3, -0.25) is 0 Å². The molecular weight excluding hydrogens is 284 g/mol. The number of carbonyl (C=O) groups is 1. The van der Waals surface area contributed by atoms with E-state index in [1.165, 1.54) is 0 Å². The Labute approximate surface area is 143 Å². The van der Waals surface area contributed by atoms with Gasteiger partial charge in [0.15, 0.2) is 0 Å². The number of hydrogen-bond acceptors (Lipinski definition) is 2. The smallest absolute Gasteiger partial charge is 0.339 e. The second-order valence-electron chi connectivity index (χ2n) is 7.55. The summed E-state index contributed by atoms with van der Waals surface area (Å²) in [5.74, 6) is -0.188. The molecule has 0 aromatic heterocycles. The van der Waals surface area contributed by atoms with E-state index in [9.17, 15) is 4.79 Å². The molecule has 0 atom stereocenters. The fraction of sp³-hybridized carbons (Fsp3) is 0.667.